The Bertz CT molecular complexity index is 725. The fourth-order valence-electron chi connectivity index (χ4n) is 3.57. The summed E-state index contributed by atoms with van der Waals surface area (Å²) in [5.41, 5.74) is -0.778. The molecule has 2 atom stereocenters. The molecule has 3 rings (SSSR count). The highest BCUT2D eigenvalue weighted by molar-refractivity contribution is 5.79. The lowest BCUT2D eigenvalue weighted by atomic mass is 10.0. The van der Waals surface area contributed by atoms with E-state index in [-0.39, 0.29) is 31.5 Å². The third-order valence-corrected chi connectivity index (χ3v) is 5.16. The van der Waals surface area contributed by atoms with Crippen LogP contribution in [0.3, 0.4) is 0 Å². The average Bonchev–Trinajstić information content (AvgIpc) is 3.07. The van der Waals surface area contributed by atoms with Gasteiger partial charge in [0.05, 0.1) is 24.7 Å². The third kappa shape index (κ3) is 4.70. The Labute approximate surface area is 160 Å². The van der Waals surface area contributed by atoms with E-state index in [0.717, 1.165) is 12.3 Å². The molecule has 0 bridgehead atoms. The molecule has 1 amide bonds. The van der Waals surface area contributed by atoms with E-state index < -0.39 is 24.0 Å². The number of halogens is 4. The molecular formula is C18H21F4N5O. The molecule has 0 unspecified atom stereocenters. The Morgan fingerprint density at radius 3 is 2.61 bits per heavy atom. The minimum absolute atomic E-state index is 0.0358. The molecular weight excluding hydrogens is 378 g/mol. The van der Waals surface area contributed by atoms with Crippen molar-refractivity contribution >= 4 is 11.7 Å². The number of anilines is 1. The van der Waals surface area contributed by atoms with Gasteiger partial charge >= 0.3 is 6.18 Å². The molecule has 0 saturated carbocycles. The highest BCUT2D eigenvalue weighted by atomic mass is 19.4. The van der Waals surface area contributed by atoms with Crippen LogP contribution < -0.4 is 10.2 Å². The van der Waals surface area contributed by atoms with Gasteiger partial charge in [-0.15, -0.1) is 0 Å². The molecule has 152 valence electrons. The van der Waals surface area contributed by atoms with Crippen molar-refractivity contribution in [2.75, 3.05) is 31.1 Å². The summed E-state index contributed by atoms with van der Waals surface area (Å²) in [6, 6.07) is 3.69. The maximum atomic E-state index is 13.4. The summed E-state index contributed by atoms with van der Waals surface area (Å²) in [4.78, 5) is 19.3. The van der Waals surface area contributed by atoms with Gasteiger partial charge in [-0.25, -0.2) is 9.37 Å². The smallest absolute Gasteiger partial charge is 0.357 e. The van der Waals surface area contributed by atoms with E-state index in [9.17, 15) is 22.4 Å². The molecule has 2 fully saturated rings. The van der Waals surface area contributed by atoms with Crippen LogP contribution in [0, 0.1) is 11.3 Å². The molecule has 1 aromatic heterocycles. The molecule has 1 aromatic rings. The minimum atomic E-state index is -4.41. The predicted molar refractivity (Wildman–Crippen MR) is 93.1 cm³/mol. The first-order valence-corrected chi connectivity index (χ1v) is 9.12. The summed E-state index contributed by atoms with van der Waals surface area (Å²) in [6.45, 7) is 1.19. The normalized spacial score (nSPS) is 23.7. The van der Waals surface area contributed by atoms with Crippen molar-refractivity contribution in [2.24, 2.45) is 0 Å². The number of alkyl halides is 4. The zero-order valence-electron chi connectivity index (χ0n) is 15.1. The van der Waals surface area contributed by atoms with Gasteiger partial charge in [-0.1, -0.05) is 0 Å². The second kappa shape index (κ2) is 8.31. The minimum Gasteiger partial charge on any atom is -0.357 e. The summed E-state index contributed by atoms with van der Waals surface area (Å²) in [5, 5.41) is 12.2. The van der Waals surface area contributed by atoms with Gasteiger partial charge in [0, 0.05) is 31.7 Å². The van der Waals surface area contributed by atoms with E-state index in [1.54, 1.807) is 0 Å². The van der Waals surface area contributed by atoms with E-state index in [2.05, 4.69) is 10.3 Å². The standard InChI is InChI=1S/C18H21F4N5O/c19-13-7-15(8-23)27(11-13)17(28)10-24-14-3-5-26(6-4-14)16-2-1-12(9-25-16)18(20,21)22/h1-2,9,13-15,24H,3-7,10-11H2/t13-,15-/m0/s1. The number of carbonyl (C=O) groups excluding carboxylic acids is 1. The second-order valence-corrected chi connectivity index (χ2v) is 7.07. The Hall–Kier alpha value is -2.41. The highest BCUT2D eigenvalue weighted by Crippen LogP contribution is 2.29. The molecule has 2 aliphatic heterocycles. The van der Waals surface area contributed by atoms with Gasteiger partial charge < -0.3 is 15.1 Å². The number of nitrogens with one attached hydrogen (secondary N) is 1. The molecule has 3 heterocycles. The van der Waals surface area contributed by atoms with E-state index in [4.69, 9.17) is 5.26 Å². The summed E-state index contributed by atoms with van der Waals surface area (Å²) >= 11 is 0. The van der Waals surface area contributed by atoms with Crippen molar-refractivity contribution < 1.29 is 22.4 Å². The van der Waals surface area contributed by atoms with Gasteiger partial charge in [-0.05, 0) is 25.0 Å². The molecule has 10 heteroatoms. The first-order valence-electron chi connectivity index (χ1n) is 9.12. The molecule has 2 aliphatic rings. The number of hydrogen-bond donors (Lipinski definition) is 1. The number of amides is 1. The predicted octanol–water partition coefficient (Wildman–Crippen LogP) is 2.12. The number of carbonyl (C=O) groups is 1. The number of nitriles is 1. The molecule has 28 heavy (non-hydrogen) atoms. The van der Waals surface area contributed by atoms with Crippen LogP contribution >= 0.6 is 0 Å². The Balaban J connectivity index is 1.45. The highest BCUT2D eigenvalue weighted by Gasteiger charge is 2.35. The van der Waals surface area contributed by atoms with Crippen LogP contribution in [0.1, 0.15) is 24.8 Å². The van der Waals surface area contributed by atoms with Crippen LogP contribution in [0.5, 0.6) is 0 Å². The molecule has 6 nitrogen and oxygen atoms in total. The van der Waals surface area contributed by atoms with Crippen molar-refractivity contribution in [3.05, 3.63) is 23.9 Å². The molecule has 0 spiro atoms. The van der Waals surface area contributed by atoms with Gasteiger partial charge in [0.1, 0.15) is 18.0 Å². The van der Waals surface area contributed by atoms with Crippen molar-refractivity contribution in [2.45, 2.75) is 43.7 Å². The Kier molecular flexibility index (Phi) is 6.03. The summed E-state index contributed by atoms with van der Waals surface area (Å²) in [7, 11) is 0. The van der Waals surface area contributed by atoms with E-state index in [1.807, 2.05) is 11.0 Å². The molecule has 0 aliphatic carbocycles. The fourth-order valence-corrected chi connectivity index (χ4v) is 3.57. The molecule has 1 N–H and O–H groups in total. The van der Waals surface area contributed by atoms with Crippen LogP contribution in [-0.2, 0) is 11.0 Å². The van der Waals surface area contributed by atoms with E-state index in [0.29, 0.717) is 31.7 Å². The monoisotopic (exact) mass is 399 g/mol. The number of nitrogens with zero attached hydrogens (tertiary/aromatic N) is 4. The van der Waals surface area contributed by atoms with Gasteiger partial charge in [0.2, 0.25) is 5.91 Å². The second-order valence-electron chi connectivity index (χ2n) is 7.07. The molecule has 0 aromatic carbocycles. The van der Waals surface area contributed by atoms with Crippen LogP contribution in [0.4, 0.5) is 23.4 Å². The van der Waals surface area contributed by atoms with Gasteiger partial charge in [-0.3, -0.25) is 4.79 Å². The number of rotatable bonds is 4. The van der Waals surface area contributed by atoms with E-state index in [1.165, 1.54) is 11.0 Å². The first-order chi connectivity index (χ1) is 13.3. The maximum absolute atomic E-state index is 13.4. The van der Waals surface area contributed by atoms with Crippen LogP contribution in [-0.4, -0.2) is 60.2 Å². The maximum Gasteiger partial charge on any atom is 0.417 e. The van der Waals surface area contributed by atoms with E-state index >= 15 is 0 Å². The van der Waals surface area contributed by atoms with Crippen molar-refractivity contribution in [3.8, 4) is 6.07 Å². The van der Waals surface area contributed by atoms with Gasteiger partial charge in [-0.2, -0.15) is 18.4 Å². The average molecular weight is 399 g/mol. The number of likely N-dealkylation sites (tertiary alicyclic amines) is 1. The molecule has 2 saturated heterocycles. The lowest BCUT2D eigenvalue weighted by molar-refractivity contribution is -0.137. The van der Waals surface area contributed by atoms with Crippen LogP contribution in [0.2, 0.25) is 0 Å². The number of piperidine rings is 1. The van der Waals surface area contributed by atoms with Gasteiger partial charge in [0.15, 0.2) is 0 Å². The zero-order valence-corrected chi connectivity index (χ0v) is 15.1. The SMILES string of the molecule is N#C[C@@H]1C[C@H](F)CN1C(=O)CNC1CCN(c2ccc(C(F)(F)F)cn2)CC1. The lowest BCUT2D eigenvalue weighted by Gasteiger charge is -2.33. The van der Waals surface area contributed by atoms with Crippen molar-refractivity contribution in [1.82, 2.24) is 15.2 Å². The zero-order chi connectivity index (χ0) is 20.3. The Morgan fingerprint density at radius 1 is 1.32 bits per heavy atom. The summed E-state index contributed by atoms with van der Waals surface area (Å²) in [5.74, 6) is 0.198. The molecule has 0 radical (unpaired) electrons. The third-order valence-electron chi connectivity index (χ3n) is 5.16. The quantitative estimate of drug-likeness (QED) is 0.786. The number of hydrogen-bond acceptors (Lipinski definition) is 5. The van der Waals surface area contributed by atoms with Gasteiger partial charge in [0.25, 0.3) is 0 Å². The number of pyridine rings is 1. The lowest BCUT2D eigenvalue weighted by Crippen LogP contribution is -2.47. The first kappa shape index (κ1) is 20.3. The summed E-state index contributed by atoms with van der Waals surface area (Å²) < 4.78 is 51.3. The van der Waals surface area contributed by atoms with Crippen LogP contribution in [0.25, 0.3) is 0 Å². The van der Waals surface area contributed by atoms with Crippen LogP contribution in [0.15, 0.2) is 18.3 Å². The number of aromatic nitrogens is 1. The fraction of sp³-hybridized carbons (Fsp3) is 0.611. The summed E-state index contributed by atoms with van der Waals surface area (Å²) in [6.07, 6.45) is -3.28. The van der Waals surface area contributed by atoms with Crippen molar-refractivity contribution in [1.29, 1.82) is 5.26 Å². The Morgan fingerprint density at radius 2 is 2.04 bits per heavy atom. The topological polar surface area (TPSA) is 72.3 Å². The largest absolute Gasteiger partial charge is 0.417 e. The van der Waals surface area contributed by atoms with Crippen molar-refractivity contribution in [3.63, 3.8) is 0 Å².